The minimum atomic E-state index is -4.14. The molecular weight excluding hydrogens is 287 g/mol. The van der Waals surface area contributed by atoms with Crippen molar-refractivity contribution in [3.8, 4) is 0 Å². The van der Waals surface area contributed by atoms with E-state index in [0.29, 0.717) is 17.9 Å². The van der Waals surface area contributed by atoms with Crippen LogP contribution in [0.15, 0.2) is 6.33 Å². The molecule has 11 heteroatoms. The van der Waals surface area contributed by atoms with Gasteiger partial charge < -0.3 is 20.3 Å². The summed E-state index contributed by atoms with van der Waals surface area (Å²) < 4.78 is 16.8. The molecule has 0 bridgehead atoms. The molecule has 4 N–H and O–H groups in total. The molecule has 0 fully saturated rings. The highest BCUT2D eigenvalue weighted by atomic mass is 31.2. The number of ether oxygens (including phenoxy) is 1. The average molecular weight is 304 g/mol. The van der Waals surface area contributed by atoms with Crippen LogP contribution in [0.5, 0.6) is 0 Å². The summed E-state index contributed by atoms with van der Waals surface area (Å²) in [6.07, 6.45) is 0.949. The molecule has 0 unspecified atom stereocenters. The van der Waals surface area contributed by atoms with Crippen LogP contribution in [0.2, 0.25) is 0 Å². The lowest BCUT2D eigenvalue weighted by atomic mass is 10.4. The number of hydrogen-bond donors (Lipinski definition) is 3. The van der Waals surface area contributed by atoms with Crippen molar-refractivity contribution in [2.45, 2.75) is 20.3 Å². The average Bonchev–Trinajstić information content (AvgIpc) is 2.81. The largest absolute Gasteiger partial charge is 0.380 e. The highest BCUT2D eigenvalue weighted by Gasteiger charge is 2.13. The number of anilines is 1. The Morgan fingerprint density at radius 3 is 2.75 bits per heavy atom. The van der Waals surface area contributed by atoms with E-state index in [9.17, 15) is 4.57 Å². The number of fused-ring (bicyclic) bond motifs is 1. The Morgan fingerprint density at radius 2 is 2.10 bits per heavy atom. The van der Waals surface area contributed by atoms with Crippen molar-refractivity contribution in [3.05, 3.63) is 12.2 Å². The molecule has 2 heterocycles. The smallest absolute Gasteiger partial charge is 0.350 e. The van der Waals surface area contributed by atoms with Crippen LogP contribution in [0.25, 0.3) is 5.65 Å². The second kappa shape index (κ2) is 7.25. The molecule has 0 atom stereocenters. The van der Waals surface area contributed by atoms with E-state index in [2.05, 4.69) is 20.3 Å². The van der Waals surface area contributed by atoms with Crippen molar-refractivity contribution in [3.63, 3.8) is 0 Å². The van der Waals surface area contributed by atoms with Crippen molar-refractivity contribution < 1.29 is 19.1 Å². The molecule has 0 aliphatic carbocycles. The molecule has 0 saturated carbocycles. The number of aromatic nitrogens is 5. The van der Waals surface area contributed by atoms with Gasteiger partial charge in [0.25, 0.3) is 0 Å². The normalized spacial score (nSPS) is 11.2. The summed E-state index contributed by atoms with van der Waals surface area (Å²) in [6.45, 7) is 4.09. The Hall–Kier alpha value is -1.61. The maximum absolute atomic E-state index is 10.5. The third kappa shape index (κ3) is 4.49. The van der Waals surface area contributed by atoms with Gasteiger partial charge in [-0.05, 0) is 0 Å². The van der Waals surface area contributed by atoms with Gasteiger partial charge in [0.15, 0.2) is 11.6 Å². The molecule has 0 aromatic carbocycles. The lowest BCUT2D eigenvalue weighted by Crippen LogP contribution is -2.06. The number of hydrogen-bond acceptors (Lipinski definition) is 7. The lowest BCUT2D eigenvalue weighted by Gasteiger charge is -2.04. The fraction of sp³-hybridized carbons (Fsp3) is 0.556. The quantitative estimate of drug-likeness (QED) is 0.505. The molecule has 112 valence electrons. The number of rotatable bonds is 5. The minimum absolute atomic E-state index is 0.0931. The molecule has 0 aliphatic rings. The first-order chi connectivity index (χ1) is 9.47. The Kier molecular flexibility index (Phi) is 5.96. The first kappa shape index (κ1) is 16.4. The lowest BCUT2D eigenvalue weighted by molar-refractivity contribution is 0.158. The third-order valence-corrected chi connectivity index (χ3v) is 2.55. The fourth-order valence-electron chi connectivity index (χ4n) is 1.29. The van der Waals surface area contributed by atoms with Crippen LogP contribution in [0, 0.1) is 0 Å². The van der Waals surface area contributed by atoms with Crippen molar-refractivity contribution >= 4 is 19.1 Å². The van der Waals surface area contributed by atoms with Crippen molar-refractivity contribution in [2.75, 3.05) is 18.7 Å². The van der Waals surface area contributed by atoms with E-state index in [0.717, 1.165) is 0 Å². The first-order valence-electron chi connectivity index (χ1n) is 5.90. The molecule has 2 aromatic rings. The maximum Gasteiger partial charge on any atom is 0.350 e. The molecular formula is C9H17N6O4P. The van der Waals surface area contributed by atoms with Gasteiger partial charge in [-0.25, -0.2) is 4.98 Å². The van der Waals surface area contributed by atoms with Crippen LogP contribution >= 0.6 is 7.60 Å². The van der Waals surface area contributed by atoms with Crippen molar-refractivity contribution in [1.29, 1.82) is 0 Å². The second-order valence-corrected chi connectivity index (χ2v) is 5.04. The molecule has 20 heavy (non-hydrogen) atoms. The van der Waals surface area contributed by atoms with Gasteiger partial charge in [-0.1, -0.05) is 13.8 Å². The summed E-state index contributed by atoms with van der Waals surface area (Å²) in [6, 6.07) is 0. The van der Waals surface area contributed by atoms with Crippen LogP contribution in [-0.4, -0.2) is 47.5 Å². The van der Waals surface area contributed by atoms with E-state index in [1.165, 1.54) is 10.8 Å². The van der Waals surface area contributed by atoms with Crippen molar-refractivity contribution in [1.82, 2.24) is 24.8 Å². The Morgan fingerprint density at radius 1 is 1.40 bits per heavy atom. The van der Waals surface area contributed by atoms with Crippen LogP contribution in [0.1, 0.15) is 19.7 Å². The molecule has 0 aliphatic heterocycles. The molecule has 0 spiro atoms. The van der Waals surface area contributed by atoms with E-state index in [4.69, 9.17) is 20.3 Å². The summed E-state index contributed by atoms with van der Waals surface area (Å²) in [5, 5.41) is 11.6. The Labute approximate surface area is 115 Å². The zero-order chi connectivity index (χ0) is 15.2. The van der Waals surface area contributed by atoms with Crippen LogP contribution in [-0.2, 0) is 15.7 Å². The van der Waals surface area contributed by atoms with Gasteiger partial charge in [-0.3, -0.25) is 4.57 Å². The second-order valence-electron chi connectivity index (χ2n) is 3.45. The molecule has 10 nitrogen and oxygen atoms in total. The van der Waals surface area contributed by atoms with E-state index in [-0.39, 0.29) is 12.4 Å². The highest BCUT2D eigenvalue weighted by molar-refractivity contribution is 7.51. The van der Waals surface area contributed by atoms with E-state index >= 15 is 0 Å². The SMILES string of the molecule is CC.Nc1ncnn2c(CCOCP(=O)(O)O)nnc12. The third-order valence-electron chi connectivity index (χ3n) is 2.03. The number of nitrogen functional groups attached to an aromatic ring is 1. The summed E-state index contributed by atoms with van der Waals surface area (Å²) in [7, 11) is -4.14. The Balaban J connectivity index is 0.000000956. The van der Waals surface area contributed by atoms with Gasteiger partial charge in [-0.15, -0.1) is 10.2 Å². The minimum Gasteiger partial charge on any atom is -0.380 e. The summed E-state index contributed by atoms with van der Waals surface area (Å²) in [5.74, 6) is 0.685. The van der Waals surface area contributed by atoms with Gasteiger partial charge in [0.2, 0.25) is 5.65 Å². The molecule has 2 aromatic heterocycles. The topological polar surface area (TPSA) is 149 Å². The fourth-order valence-corrected chi connectivity index (χ4v) is 1.66. The van der Waals surface area contributed by atoms with Crippen LogP contribution in [0.4, 0.5) is 5.82 Å². The van der Waals surface area contributed by atoms with Gasteiger partial charge in [-0.2, -0.15) is 9.61 Å². The van der Waals surface area contributed by atoms with Gasteiger partial charge in [0, 0.05) is 6.42 Å². The highest BCUT2D eigenvalue weighted by Crippen LogP contribution is 2.33. The standard InChI is InChI=1S/C7H11N6O4P.C2H6/c8-6-7-12-11-5(13(7)10-3-9-6)1-2-17-4-18(14,15)16;1-2/h3H,1-2,4H2,(H2,8,9,10)(H2,14,15,16);1-2H3. The summed E-state index contributed by atoms with van der Waals surface area (Å²) in [4.78, 5) is 21.0. The van der Waals surface area contributed by atoms with Crippen LogP contribution < -0.4 is 5.73 Å². The Bertz CT molecular complexity index is 597. The van der Waals surface area contributed by atoms with E-state index in [1.54, 1.807) is 0 Å². The number of nitrogens with two attached hydrogens (primary N) is 1. The number of nitrogens with zero attached hydrogens (tertiary/aromatic N) is 5. The summed E-state index contributed by atoms with van der Waals surface area (Å²) in [5.41, 5.74) is 5.91. The monoisotopic (exact) mass is 304 g/mol. The zero-order valence-electron chi connectivity index (χ0n) is 11.2. The molecule has 0 amide bonds. The first-order valence-corrected chi connectivity index (χ1v) is 7.70. The molecule has 0 saturated heterocycles. The summed E-state index contributed by atoms with van der Waals surface area (Å²) >= 11 is 0. The van der Waals surface area contributed by atoms with Crippen molar-refractivity contribution in [2.24, 2.45) is 0 Å². The predicted molar refractivity (Wildman–Crippen MR) is 70.9 cm³/mol. The molecule has 0 radical (unpaired) electrons. The van der Waals surface area contributed by atoms with Gasteiger partial charge in [0.1, 0.15) is 12.7 Å². The predicted octanol–water partition coefficient (Wildman–Crippen LogP) is -0.178. The molecule has 2 rings (SSSR count). The van der Waals surface area contributed by atoms with Crippen LogP contribution in [0.3, 0.4) is 0 Å². The maximum atomic E-state index is 10.5. The van der Waals surface area contributed by atoms with Gasteiger partial charge >= 0.3 is 7.60 Å². The van der Waals surface area contributed by atoms with Gasteiger partial charge in [0.05, 0.1) is 6.61 Å². The van der Waals surface area contributed by atoms with E-state index < -0.39 is 13.9 Å². The zero-order valence-corrected chi connectivity index (χ0v) is 12.1. The van der Waals surface area contributed by atoms with E-state index in [1.807, 2.05) is 13.8 Å².